The van der Waals surface area contributed by atoms with E-state index in [1.54, 1.807) is 6.20 Å². The molecule has 2 heterocycles. The summed E-state index contributed by atoms with van der Waals surface area (Å²) in [6, 6.07) is 8.10. The fourth-order valence-electron chi connectivity index (χ4n) is 2.03. The third-order valence-corrected chi connectivity index (χ3v) is 2.83. The molecule has 1 aromatic carbocycles. The minimum absolute atomic E-state index is 0.674. The molecule has 4 nitrogen and oxygen atoms in total. The Hall–Kier alpha value is -2.10. The molecule has 0 atom stereocenters. The van der Waals surface area contributed by atoms with Crippen LogP contribution < -0.4 is 0 Å². The Kier molecular flexibility index (Phi) is 2.21. The van der Waals surface area contributed by atoms with Gasteiger partial charge in [0.2, 0.25) is 0 Å². The van der Waals surface area contributed by atoms with Gasteiger partial charge in [-0.3, -0.25) is 0 Å². The highest BCUT2D eigenvalue weighted by Crippen LogP contribution is 2.17. The first-order valence-electron chi connectivity index (χ1n) is 5.57. The van der Waals surface area contributed by atoms with Crippen molar-refractivity contribution in [1.29, 1.82) is 0 Å². The zero-order valence-electron chi connectivity index (χ0n) is 9.84. The fourth-order valence-corrected chi connectivity index (χ4v) is 2.03. The second-order valence-corrected chi connectivity index (χ2v) is 4.08. The maximum Gasteiger partial charge on any atom is 0.191 e. The maximum atomic E-state index is 5.50. The lowest BCUT2D eigenvalue weighted by molar-refractivity contribution is 0.463. The van der Waals surface area contributed by atoms with E-state index in [-0.39, 0.29) is 0 Å². The third-order valence-electron chi connectivity index (χ3n) is 2.83. The lowest BCUT2D eigenvalue weighted by Gasteiger charge is -2.03. The normalized spacial score (nSPS) is 11.2. The molecule has 0 aliphatic heterocycles. The van der Waals surface area contributed by atoms with Crippen molar-refractivity contribution in [1.82, 2.24) is 14.5 Å². The van der Waals surface area contributed by atoms with Gasteiger partial charge in [0.05, 0.1) is 23.8 Å². The van der Waals surface area contributed by atoms with E-state index >= 15 is 0 Å². The molecule has 0 amide bonds. The molecule has 2 aromatic heterocycles. The number of hydrogen-bond donors (Lipinski definition) is 0. The Morgan fingerprint density at radius 2 is 2.06 bits per heavy atom. The molecule has 0 aliphatic rings. The fraction of sp³-hybridized carbons (Fsp3) is 0.231. The van der Waals surface area contributed by atoms with Gasteiger partial charge in [0.15, 0.2) is 5.89 Å². The number of nitrogens with zero attached hydrogens (tertiary/aromatic N) is 3. The van der Waals surface area contributed by atoms with Gasteiger partial charge >= 0.3 is 0 Å². The number of aromatic nitrogens is 3. The van der Waals surface area contributed by atoms with Crippen LogP contribution in [-0.4, -0.2) is 14.5 Å². The van der Waals surface area contributed by atoms with Crippen molar-refractivity contribution in [3.8, 4) is 0 Å². The van der Waals surface area contributed by atoms with Gasteiger partial charge in [-0.15, -0.1) is 0 Å². The average Bonchev–Trinajstić information content (AvgIpc) is 2.85. The largest absolute Gasteiger partial charge is 0.444 e. The van der Waals surface area contributed by atoms with Crippen LogP contribution in [0.2, 0.25) is 0 Å². The van der Waals surface area contributed by atoms with Crippen LogP contribution in [0, 0.1) is 13.8 Å². The molecule has 0 radical (unpaired) electrons. The molecule has 0 bridgehead atoms. The van der Waals surface area contributed by atoms with Crippen LogP contribution in [0.4, 0.5) is 0 Å². The molecular formula is C13H13N3O. The van der Waals surface area contributed by atoms with Crippen molar-refractivity contribution in [3.63, 3.8) is 0 Å². The van der Waals surface area contributed by atoms with Gasteiger partial charge < -0.3 is 8.98 Å². The summed E-state index contributed by atoms with van der Waals surface area (Å²) >= 11 is 0. The first-order valence-corrected chi connectivity index (χ1v) is 5.57. The molecule has 17 heavy (non-hydrogen) atoms. The second kappa shape index (κ2) is 3.73. The van der Waals surface area contributed by atoms with Gasteiger partial charge in [0, 0.05) is 6.92 Å². The molecule has 0 saturated carbocycles. The minimum Gasteiger partial charge on any atom is -0.444 e. The van der Waals surface area contributed by atoms with Crippen LogP contribution in [0.25, 0.3) is 11.0 Å². The molecule has 0 saturated heterocycles. The highest BCUT2D eigenvalue weighted by Gasteiger charge is 2.09. The SMILES string of the molecule is Cc1ncc(Cn2c(C)nc3ccccc32)o1. The Morgan fingerprint density at radius 1 is 1.24 bits per heavy atom. The molecular weight excluding hydrogens is 214 g/mol. The van der Waals surface area contributed by atoms with Crippen molar-refractivity contribution >= 4 is 11.0 Å². The van der Waals surface area contributed by atoms with E-state index in [2.05, 4.69) is 20.6 Å². The molecule has 3 rings (SSSR count). The quantitative estimate of drug-likeness (QED) is 0.676. The van der Waals surface area contributed by atoms with Crippen molar-refractivity contribution < 1.29 is 4.42 Å². The zero-order valence-corrected chi connectivity index (χ0v) is 9.84. The Balaban J connectivity index is 2.08. The number of hydrogen-bond acceptors (Lipinski definition) is 3. The number of para-hydroxylation sites is 2. The summed E-state index contributed by atoms with van der Waals surface area (Å²) in [5.74, 6) is 2.54. The van der Waals surface area contributed by atoms with E-state index in [1.165, 1.54) is 0 Å². The van der Waals surface area contributed by atoms with Crippen LogP contribution in [0.5, 0.6) is 0 Å². The second-order valence-electron chi connectivity index (χ2n) is 4.08. The van der Waals surface area contributed by atoms with Gasteiger partial charge in [0.1, 0.15) is 11.6 Å². The van der Waals surface area contributed by atoms with E-state index in [9.17, 15) is 0 Å². The summed E-state index contributed by atoms with van der Waals surface area (Å²) in [7, 11) is 0. The highest BCUT2D eigenvalue weighted by atomic mass is 16.4. The standard InChI is InChI=1S/C13H13N3O/c1-9-15-12-5-3-4-6-13(12)16(9)8-11-7-14-10(2)17-11/h3-7H,8H2,1-2H3. The van der Waals surface area contributed by atoms with Gasteiger partial charge in [-0.2, -0.15) is 0 Å². The van der Waals surface area contributed by atoms with Gasteiger partial charge in [-0.05, 0) is 19.1 Å². The van der Waals surface area contributed by atoms with Gasteiger partial charge in [0.25, 0.3) is 0 Å². The maximum absolute atomic E-state index is 5.50. The predicted octanol–water partition coefficient (Wildman–Crippen LogP) is 2.69. The molecule has 0 spiro atoms. The molecule has 4 heteroatoms. The summed E-state index contributed by atoms with van der Waals surface area (Å²) in [6.45, 7) is 4.53. The summed E-state index contributed by atoms with van der Waals surface area (Å²) < 4.78 is 7.64. The summed E-state index contributed by atoms with van der Waals surface area (Å²) in [4.78, 5) is 8.62. The topological polar surface area (TPSA) is 43.9 Å². The van der Waals surface area contributed by atoms with Crippen LogP contribution >= 0.6 is 0 Å². The van der Waals surface area contributed by atoms with E-state index < -0.39 is 0 Å². The summed E-state index contributed by atoms with van der Waals surface area (Å²) in [5.41, 5.74) is 2.14. The summed E-state index contributed by atoms with van der Waals surface area (Å²) in [6.07, 6.45) is 1.77. The summed E-state index contributed by atoms with van der Waals surface area (Å²) in [5, 5.41) is 0. The Morgan fingerprint density at radius 3 is 2.82 bits per heavy atom. The highest BCUT2D eigenvalue weighted by molar-refractivity contribution is 5.75. The number of aryl methyl sites for hydroxylation is 2. The average molecular weight is 227 g/mol. The van der Waals surface area contributed by atoms with E-state index in [0.29, 0.717) is 12.4 Å². The number of imidazole rings is 1. The molecule has 86 valence electrons. The molecule has 0 fully saturated rings. The van der Waals surface area contributed by atoms with Crippen LogP contribution in [-0.2, 0) is 6.54 Å². The zero-order chi connectivity index (χ0) is 11.8. The molecule has 0 N–H and O–H groups in total. The first kappa shape index (κ1) is 10.1. The van der Waals surface area contributed by atoms with E-state index in [4.69, 9.17) is 4.42 Å². The van der Waals surface area contributed by atoms with Crippen LogP contribution in [0.3, 0.4) is 0 Å². The Labute approximate surface area is 98.9 Å². The number of rotatable bonds is 2. The predicted molar refractivity (Wildman–Crippen MR) is 64.8 cm³/mol. The van der Waals surface area contributed by atoms with Crippen LogP contribution in [0.1, 0.15) is 17.5 Å². The lowest BCUT2D eigenvalue weighted by atomic mass is 10.3. The van der Waals surface area contributed by atoms with Crippen molar-refractivity contribution in [2.75, 3.05) is 0 Å². The van der Waals surface area contributed by atoms with Gasteiger partial charge in [-0.25, -0.2) is 9.97 Å². The number of fused-ring (bicyclic) bond motifs is 1. The first-order chi connectivity index (χ1) is 8.24. The van der Waals surface area contributed by atoms with Gasteiger partial charge in [-0.1, -0.05) is 12.1 Å². The van der Waals surface area contributed by atoms with Crippen molar-refractivity contribution in [2.24, 2.45) is 0 Å². The third kappa shape index (κ3) is 1.71. The molecule has 0 unspecified atom stereocenters. The monoisotopic (exact) mass is 227 g/mol. The molecule has 3 aromatic rings. The van der Waals surface area contributed by atoms with E-state index in [1.807, 2.05) is 32.0 Å². The number of benzene rings is 1. The van der Waals surface area contributed by atoms with Crippen molar-refractivity contribution in [3.05, 3.63) is 47.9 Å². The van der Waals surface area contributed by atoms with Crippen molar-refractivity contribution in [2.45, 2.75) is 20.4 Å². The van der Waals surface area contributed by atoms with Crippen LogP contribution in [0.15, 0.2) is 34.9 Å². The number of oxazole rings is 1. The Bertz CT molecular complexity index is 666. The molecule has 0 aliphatic carbocycles. The van der Waals surface area contributed by atoms with E-state index in [0.717, 1.165) is 22.6 Å². The minimum atomic E-state index is 0.674. The lowest BCUT2D eigenvalue weighted by Crippen LogP contribution is -2.00. The smallest absolute Gasteiger partial charge is 0.191 e.